The molecule has 9 aromatic rings. The van der Waals surface area contributed by atoms with Crippen LogP contribution < -0.4 is 4.74 Å². The summed E-state index contributed by atoms with van der Waals surface area (Å²) in [6, 6.07) is 71.1. The molecule has 1 heteroatoms. The van der Waals surface area contributed by atoms with Crippen molar-refractivity contribution >= 4 is 21.5 Å². The molecule has 0 saturated carbocycles. The number of fused-ring (bicyclic) bond motifs is 6. The van der Waals surface area contributed by atoms with Gasteiger partial charge >= 0.3 is 0 Å². The molecule has 242 valence electrons. The Morgan fingerprint density at radius 2 is 0.981 bits per heavy atom. The first-order valence-electron chi connectivity index (χ1n) is 18.0. The minimum Gasteiger partial charge on any atom is -0.456 e. The molecule has 0 spiro atoms. The van der Waals surface area contributed by atoms with Gasteiger partial charge in [-0.3, -0.25) is 0 Å². The summed E-state index contributed by atoms with van der Waals surface area (Å²) in [7, 11) is 0. The fourth-order valence-electron chi connectivity index (χ4n) is 9.15. The summed E-state index contributed by atoms with van der Waals surface area (Å²) in [5.74, 6) is 1.82. The molecule has 1 aliphatic heterocycles. The third kappa shape index (κ3) is 4.05. The summed E-state index contributed by atoms with van der Waals surface area (Å²) in [6.45, 7) is 0. The van der Waals surface area contributed by atoms with Crippen LogP contribution in [0.3, 0.4) is 0 Å². The van der Waals surface area contributed by atoms with E-state index in [1.165, 1.54) is 82.7 Å². The first kappa shape index (κ1) is 29.1. The quantitative estimate of drug-likeness (QED) is 0.183. The number of hydrogen-bond donors (Lipinski definition) is 0. The maximum Gasteiger partial charge on any atom is 0.135 e. The Labute approximate surface area is 303 Å². The van der Waals surface area contributed by atoms with Crippen molar-refractivity contribution in [2.24, 2.45) is 0 Å². The Bertz CT molecular complexity index is 2810. The van der Waals surface area contributed by atoms with Crippen molar-refractivity contribution in [3.8, 4) is 56.0 Å². The standard InChI is InChI=1S/C51H32O/c1-4-14-34(15-5-1)49-40-28-26-35(36-27-29-46-43(31-36)41-23-12-16-33-17-13-25-47(52-46)48(33)41)30-37(40)32-45-50(49)42-22-10-11-24-44(42)51(45,38-18-6-2-7-19-38)39-20-8-3-9-21-39/h1-32H. The highest BCUT2D eigenvalue weighted by atomic mass is 16.5. The monoisotopic (exact) mass is 660 g/mol. The lowest BCUT2D eigenvalue weighted by Gasteiger charge is -2.34. The lowest BCUT2D eigenvalue weighted by molar-refractivity contribution is 0.487. The van der Waals surface area contributed by atoms with Crippen molar-refractivity contribution < 1.29 is 4.74 Å². The van der Waals surface area contributed by atoms with Crippen molar-refractivity contribution in [3.05, 3.63) is 216 Å². The molecule has 0 bridgehead atoms. The van der Waals surface area contributed by atoms with Gasteiger partial charge in [-0.1, -0.05) is 164 Å². The van der Waals surface area contributed by atoms with E-state index in [9.17, 15) is 0 Å². The molecule has 1 heterocycles. The third-order valence-corrected chi connectivity index (χ3v) is 11.3. The molecule has 0 aromatic heterocycles. The first-order chi connectivity index (χ1) is 25.8. The summed E-state index contributed by atoms with van der Waals surface area (Å²) in [5.41, 5.74) is 14.5. The van der Waals surface area contributed by atoms with E-state index < -0.39 is 5.41 Å². The normalized spacial score (nSPS) is 13.3. The minimum atomic E-state index is -0.489. The Morgan fingerprint density at radius 1 is 0.346 bits per heavy atom. The lowest BCUT2D eigenvalue weighted by Crippen LogP contribution is -2.28. The zero-order chi connectivity index (χ0) is 34.2. The van der Waals surface area contributed by atoms with Gasteiger partial charge < -0.3 is 4.74 Å². The van der Waals surface area contributed by atoms with Crippen LogP contribution in [-0.4, -0.2) is 0 Å². The Balaban J connectivity index is 1.21. The van der Waals surface area contributed by atoms with Gasteiger partial charge in [0.05, 0.1) is 5.41 Å². The van der Waals surface area contributed by atoms with Crippen LogP contribution >= 0.6 is 0 Å². The van der Waals surface area contributed by atoms with Gasteiger partial charge in [-0.2, -0.15) is 0 Å². The smallest absolute Gasteiger partial charge is 0.135 e. The van der Waals surface area contributed by atoms with Crippen molar-refractivity contribution in [2.45, 2.75) is 5.41 Å². The molecule has 0 saturated heterocycles. The van der Waals surface area contributed by atoms with Gasteiger partial charge in [-0.25, -0.2) is 0 Å². The lowest BCUT2D eigenvalue weighted by atomic mass is 9.67. The summed E-state index contributed by atoms with van der Waals surface area (Å²) < 4.78 is 6.46. The van der Waals surface area contributed by atoms with Gasteiger partial charge in [0, 0.05) is 10.9 Å². The van der Waals surface area contributed by atoms with Crippen LogP contribution in [0.25, 0.3) is 66.1 Å². The average molecular weight is 661 g/mol. The van der Waals surface area contributed by atoms with E-state index in [-0.39, 0.29) is 0 Å². The number of hydrogen-bond acceptors (Lipinski definition) is 1. The fraction of sp³-hybridized carbons (Fsp3) is 0.0196. The van der Waals surface area contributed by atoms with E-state index in [1.807, 2.05) is 0 Å². The van der Waals surface area contributed by atoms with Gasteiger partial charge in [-0.05, 0) is 108 Å². The third-order valence-electron chi connectivity index (χ3n) is 11.3. The molecule has 0 atom stereocenters. The summed E-state index contributed by atoms with van der Waals surface area (Å²) in [6.07, 6.45) is 0. The van der Waals surface area contributed by atoms with Crippen molar-refractivity contribution in [1.82, 2.24) is 0 Å². The van der Waals surface area contributed by atoms with Crippen molar-refractivity contribution in [3.63, 3.8) is 0 Å². The summed E-state index contributed by atoms with van der Waals surface area (Å²) >= 11 is 0. The van der Waals surface area contributed by atoms with E-state index in [1.54, 1.807) is 0 Å². The van der Waals surface area contributed by atoms with E-state index in [0.717, 1.165) is 17.1 Å². The largest absolute Gasteiger partial charge is 0.456 e. The van der Waals surface area contributed by atoms with Crippen LogP contribution in [0, 0.1) is 0 Å². The Hall–Kier alpha value is -6.70. The van der Waals surface area contributed by atoms with Gasteiger partial charge in [0.1, 0.15) is 11.5 Å². The molecule has 0 fully saturated rings. The van der Waals surface area contributed by atoms with Crippen molar-refractivity contribution in [2.75, 3.05) is 0 Å². The molecular weight excluding hydrogens is 629 g/mol. The molecule has 0 unspecified atom stereocenters. The molecule has 11 rings (SSSR count). The van der Waals surface area contributed by atoms with Gasteiger partial charge in [0.15, 0.2) is 0 Å². The van der Waals surface area contributed by atoms with Gasteiger partial charge in [0.25, 0.3) is 0 Å². The molecule has 2 aliphatic rings. The Kier molecular flexibility index (Phi) is 6.23. The highest BCUT2D eigenvalue weighted by Crippen LogP contribution is 2.60. The van der Waals surface area contributed by atoms with Crippen LogP contribution in [0.5, 0.6) is 11.5 Å². The highest BCUT2D eigenvalue weighted by Gasteiger charge is 2.47. The Morgan fingerprint density at radius 3 is 1.75 bits per heavy atom. The maximum absolute atomic E-state index is 6.46. The summed E-state index contributed by atoms with van der Waals surface area (Å²) in [5, 5.41) is 4.84. The molecule has 0 N–H and O–H groups in total. The first-order valence-corrected chi connectivity index (χ1v) is 18.0. The van der Waals surface area contributed by atoms with E-state index >= 15 is 0 Å². The predicted molar refractivity (Wildman–Crippen MR) is 215 cm³/mol. The second-order valence-corrected chi connectivity index (χ2v) is 14.0. The number of rotatable bonds is 4. The highest BCUT2D eigenvalue weighted by molar-refractivity contribution is 6.10. The van der Waals surface area contributed by atoms with Crippen LogP contribution in [0.2, 0.25) is 0 Å². The molecule has 52 heavy (non-hydrogen) atoms. The molecular formula is C51H32O. The van der Waals surface area contributed by atoms with Crippen molar-refractivity contribution in [1.29, 1.82) is 0 Å². The van der Waals surface area contributed by atoms with Gasteiger partial charge in [-0.15, -0.1) is 0 Å². The predicted octanol–water partition coefficient (Wildman–Crippen LogP) is 13.5. The van der Waals surface area contributed by atoms with Crippen LogP contribution in [0.4, 0.5) is 0 Å². The van der Waals surface area contributed by atoms with E-state index in [0.29, 0.717) is 0 Å². The zero-order valence-corrected chi connectivity index (χ0v) is 28.4. The zero-order valence-electron chi connectivity index (χ0n) is 28.4. The average Bonchev–Trinajstić information content (AvgIpc) is 3.51. The van der Waals surface area contributed by atoms with E-state index in [2.05, 4.69) is 194 Å². The summed E-state index contributed by atoms with van der Waals surface area (Å²) in [4.78, 5) is 0. The molecule has 0 amide bonds. The second kappa shape index (κ2) is 11.2. The second-order valence-electron chi connectivity index (χ2n) is 14.0. The maximum atomic E-state index is 6.46. The fourth-order valence-corrected chi connectivity index (χ4v) is 9.15. The van der Waals surface area contributed by atoms with Crippen LogP contribution in [-0.2, 0) is 5.41 Å². The number of ether oxygens (including phenoxy) is 1. The molecule has 1 aliphatic carbocycles. The van der Waals surface area contributed by atoms with Crippen LogP contribution in [0.15, 0.2) is 194 Å². The van der Waals surface area contributed by atoms with Gasteiger partial charge in [0.2, 0.25) is 0 Å². The molecule has 0 radical (unpaired) electrons. The number of benzene rings is 9. The molecule has 1 nitrogen and oxygen atoms in total. The van der Waals surface area contributed by atoms with Crippen LogP contribution in [0.1, 0.15) is 22.3 Å². The molecule has 9 aromatic carbocycles. The SMILES string of the molecule is c1ccc(-c2c3c(cc4cc(-c5ccc6c(c5)-c5cccc7cccc(c57)O6)ccc24)C(c2ccccc2)(c2ccccc2)c2ccccc2-3)cc1. The topological polar surface area (TPSA) is 9.23 Å². The minimum absolute atomic E-state index is 0.489. The van der Waals surface area contributed by atoms with E-state index in [4.69, 9.17) is 4.74 Å².